The molecule has 0 radical (unpaired) electrons. The van der Waals surface area contributed by atoms with Gasteiger partial charge >= 0.3 is 0 Å². The fourth-order valence-corrected chi connectivity index (χ4v) is 1.77. The SMILES string of the molecule is CC(=O)c1cc(N(CC(N)=O)C(C)C)ccc1N. The quantitative estimate of drug-likeness (QED) is 0.605. The van der Waals surface area contributed by atoms with Crippen LogP contribution in [0.5, 0.6) is 0 Å². The maximum Gasteiger partial charge on any atom is 0.236 e. The van der Waals surface area contributed by atoms with Crippen molar-refractivity contribution in [3.05, 3.63) is 23.8 Å². The van der Waals surface area contributed by atoms with Gasteiger partial charge in [-0.25, -0.2) is 0 Å². The molecule has 0 aromatic heterocycles. The molecular weight excluding hydrogens is 230 g/mol. The average molecular weight is 249 g/mol. The molecule has 1 aromatic carbocycles. The fraction of sp³-hybridized carbons (Fsp3) is 0.385. The second-order valence-corrected chi connectivity index (χ2v) is 4.52. The van der Waals surface area contributed by atoms with Crippen LogP contribution in [0.15, 0.2) is 18.2 Å². The minimum absolute atomic E-state index is 0.0981. The predicted octanol–water partition coefficient (Wildman–Crippen LogP) is 1.17. The number of nitrogens with two attached hydrogens (primary N) is 2. The number of primary amides is 1. The molecular formula is C13H19N3O2. The zero-order valence-corrected chi connectivity index (χ0v) is 10.9. The highest BCUT2D eigenvalue weighted by atomic mass is 16.1. The van der Waals surface area contributed by atoms with Crippen molar-refractivity contribution >= 4 is 23.1 Å². The van der Waals surface area contributed by atoms with Crippen molar-refractivity contribution in [1.29, 1.82) is 0 Å². The molecule has 0 bridgehead atoms. The lowest BCUT2D eigenvalue weighted by atomic mass is 10.1. The van der Waals surface area contributed by atoms with Gasteiger partial charge in [-0.2, -0.15) is 0 Å². The van der Waals surface area contributed by atoms with Crippen molar-refractivity contribution in [1.82, 2.24) is 0 Å². The Labute approximate surface area is 107 Å². The third-order valence-electron chi connectivity index (χ3n) is 2.70. The molecule has 0 atom stereocenters. The summed E-state index contributed by atoms with van der Waals surface area (Å²) in [6.07, 6.45) is 0. The second-order valence-electron chi connectivity index (χ2n) is 4.52. The second kappa shape index (κ2) is 5.53. The van der Waals surface area contributed by atoms with Crippen LogP contribution in [0.25, 0.3) is 0 Å². The molecule has 98 valence electrons. The highest BCUT2D eigenvalue weighted by Gasteiger charge is 2.15. The number of benzene rings is 1. The number of nitrogens with zero attached hydrogens (tertiary/aromatic N) is 1. The molecule has 5 heteroatoms. The van der Waals surface area contributed by atoms with E-state index in [2.05, 4.69) is 0 Å². The number of anilines is 2. The van der Waals surface area contributed by atoms with Crippen LogP contribution >= 0.6 is 0 Å². The molecule has 1 aromatic rings. The van der Waals surface area contributed by atoms with Crippen molar-refractivity contribution in [3.63, 3.8) is 0 Å². The highest BCUT2D eigenvalue weighted by molar-refractivity contribution is 6.00. The molecule has 1 amide bonds. The number of hydrogen-bond donors (Lipinski definition) is 2. The Balaban J connectivity index is 3.17. The highest BCUT2D eigenvalue weighted by Crippen LogP contribution is 2.23. The van der Waals surface area contributed by atoms with Crippen LogP contribution in [-0.2, 0) is 4.79 Å². The minimum Gasteiger partial charge on any atom is -0.398 e. The Morgan fingerprint density at radius 2 is 1.94 bits per heavy atom. The normalized spacial score (nSPS) is 10.4. The molecule has 18 heavy (non-hydrogen) atoms. The summed E-state index contributed by atoms with van der Waals surface area (Å²) in [7, 11) is 0. The molecule has 1 rings (SSSR count). The predicted molar refractivity (Wildman–Crippen MR) is 72.5 cm³/mol. The Morgan fingerprint density at radius 1 is 1.33 bits per heavy atom. The number of carbonyl (C=O) groups excluding carboxylic acids is 2. The summed E-state index contributed by atoms with van der Waals surface area (Å²) in [6.45, 7) is 5.47. The van der Waals surface area contributed by atoms with E-state index in [0.29, 0.717) is 11.3 Å². The Bertz CT molecular complexity index is 469. The zero-order valence-electron chi connectivity index (χ0n) is 10.9. The molecule has 0 aliphatic carbocycles. The summed E-state index contributed by atoms with van der Waals surface area (Å²) in [5, 5.41) is 0. The third kappa shape index (κ3) is 3.23. The van der Waals surface area contributed by atoms with Crippen LogP contribution in [-0.4, -0.2) is 24.3 Å². The molecule has 4 N–H and O–H groups in total. The van der Waals surface area contributed by atoms with Gasteiger partial charge in [0.15, 0.2) is 5.78 Å². The van der Waals surface area contributed by atoms with Crippen molar-refractivity contribution in [2.24, 2.45) is 5.73 Å². The van der Waals surface area contributed by atoms with Gasteiger partial charge in [0.2, 0.25) is 5.91 Å². The van der Waals surface area contributed by atoms with E-state index < -0.39 is 5.91 Å². The molecule has 0 unspecified atom stereocenters. The first-order chi connectivity index (χ1) is 8.32. The molecule has 0 aliphatic rings. The maximum absolute atomic E-state index is 11.4. The first kappa shape index (κ1) is 14.0. The molecule has 0 aliphatic heterocycles. The van der Waals surface area contributed by atoms with E-state index in [1.807, 2.05) is 18.7 Å². The molecule has 5 nitrogen and oxygen atoms in total. The zero-order chi connectivity index (χ0) is 13.9. The topological polar surface area (TPSA) is 89.4 Å². The van der Waals surface area contributed by atoms with Gasteiger partial charge in [-0.3, -0.25) is 9.59 Å². The Kier molecular flexibility index (Phi) is 4.31. The van der Waals surface area contributed by atoms with Crippen LogP contribution in [0.2, 0.25) is 0 Å². The number of hydrogen-bond acceptors (Lipinski definition) is 4. The Hall–Kier alpha value is -2.04. The molecule has 0 saturated heterocycles. The van der Waals surface area contributed by atoms with E-state index in [1.54, 1.807) is 18.2 Å². The van der Waals surface area contributed by atoms with Gasteiger partial charge in [-0.15, -0.1) is 0 Å². The van der Waals surface area contributed by atoms with E-state index in [-0.39, 0.29) is 18.4 Å². The smallest absolute Gasteiger partial charge is 0.236 e. The molecule has 0 fully saturated rings. The molecule has 0 spiro atoms. The lowest BCUT2D eigenvalue weighted by molar-refractivity contribution is -0.116. The van der Waals surface area contributed by atoms with Crippen LogP contribution in [0, 0.1) is 0 Å². The number of ketones is 1. The summed E-state index contributed by atoms with van der Waals surface area (Å²) in [6, 6.07) is 5.24. The van der Waals surface area contributed by atoms with Gasteiger partial charge < -0.3 is 16.4 Å². The van der Waals surface area contributed by atoms with Crippen LogP contribution < -0.4 is 16.4 Å². The fourth-order valence-electron chi connectivity index (χ4n) is 1.77. The average Bonchev–Trinajstić information content (AvgIpc) is 2.26. The van der Waals surface area contributed by atoms with Crippen molar-refractivity contribution in [2.45, 2.75) is 26.8 Å². The monoisotopic (exact) mass is 249 g/mol. The largest absolute Gasteiger partial charge is 0.398 e. The first-order valence-corrected chi connectivity index (χ1v) is 5.78. The summed E-state index contributed by atoms with van der Waals surface area (Å²) in [5.41, 5.74) is 12.6. The summed E-state index contributed by atoms with van der Waals surface area (Å²) < 4.78 is 0. The molecule has 0 saturated carbocycles. The van der Waals surface area contributed by atoms with Gasteiger partial charge in [0, 0.05) is 23.0 Å². The van der Waals surface area contributed by atoms with Gasteiger partial charge in [-0.1, -0.05) is 0 Å². The van der Waals surface area contributed by atoms with Gasteiger partial charge in [0.1, 0.15) is 0 Å². The van der Waals surface area contributed by atoms with Crippen molar-refractivity contribution < 1.29 is 9.59 Å². The van der Waals surface area contributed by atoms with Crippen LogP contribution in [0.3, 0.4) is 0 Å². The lowest BCUT2D eigenvalue weighted by Gasteiger charge is -2.28. The van der Waals surface area contributed by atoms with Gasteiger partial charge in [0.05, 0.1) is 6.54 Å². The summed E-state index contributed by atoms with van der Waals surface area (Å²) in [5.74, 6) is -0.512. The van der Waals surface area contributed by atoms with Crippen LogP contribution in [0.1, 0.15) is 31.1 Å². The number of amides is 1. The Morgan fingerprint density at radius 3 is 2.39 bits per heavy atom. The van der Waals surface area contributed by atoms with Crippen molar-refractivity contribution in [3.8, 4) is 0 Å². The number of nitrogen functional groups attached to an aromatic ring is 1. The van der Waals surface area contributed by atoms with E-state index >= 15 is 0 Å². The van der Waals surface area contributed by atoms with Crippen LogP contribution in [0.4, 0.5) is 11.4 Å². The summed E-state index contributed by atoms with van der Waals surface area (Å²) >= 11 is 0. The van der Waals surface area contributed by atoms with E-state index in [0.717, 1.165) is 5.69 Å². The summed E-state index contributed by atoms with van der Waals surface area (Å²) in [4.78, 5) is 24.3. The first-order valence-electron chi connectivity index (χ1n) is 5.78. The number of rotatable bonds is 5. The van der Waals surface area contributed by atoms with E-state index in [1.165, 1.54) is 6.92 Å². The van der Waals surface area contributed by atoms with Crippen molar-refractivity contribution in [2.75, 3.05) is 17.2 Å². The van der Waals surface area contributed by atoms with Gasteiger partial charge in [0.25, 0.3) is 0 Å². The lowest BCUT2D eigenvalue weighted by Crippen LogP contribution is -2.38. The standard InChI is InChI=1S/C13H19N3O2/c1-8(2)16(7-13(15)18)10-4-5-12(14)11(6-10)9(3)17/h4-6,8H,7,14H2,1-3H3,(H2,15,18). The maximum atomic E-state index is 11.4. The van der Waals surface area contributed by atoms with Gasteiger partial charge in [-0.05, 0) is 39.0 Å². The van der Waals surface area contributed by atoms with E-state index in [9.17, 15) is 9.59 Å². The number of carbonyl (C=O) groups is 2. The van der Waals surface area contributed by atoms with E-state index in [4.69, 9.17) is 11.5 Å². The molecule has 0 heterocycles. The number of Topliss-reactive ketones (excluding diaryl/α,β-unsaturated/α-hetero) is 1. The minimum atomic E-state index is -0.412. The third-order valence-corrected chi connectivity index (χ3v) is 2.70.